The van der Waals surface area contributed by atoms with Crippen molar-refractivity contribution >= 4 is 32.9 Å². The van der Waals surface area contributed by atoms with Crippen LogP contribution in [0.5, 0.6) is 11.5 Å². The number of thiophene rings is 1. The molecule has 2 aromatic carbocycles. The molecule has 1 aliphatic rings. The Balaban J connectivity index is 1.45. The highest BCUT2D eigenvalue weighted by molar-refractivity contribution is 7.18. The van der Waals surface area contributed by atoms with Crippen LogP contribution >= 0.6 is 11.3 Å². The quantitative estimate of drug-likeness (QED) is 0.318. The van der Waals surface area contributed by atoms with Crippen molar-refractivity contribution in [2.75, 3.05) is 0 Å². The Morgan fingerprint density at radius 2 is 1.76 bits per heavy atom. The summed E-state index contributed by atoms with van der Waals surface area (Å²) in [6.07, 6.45) is 4.08. The summed E-state index contributed by atoms with van der Waals surface area (Å²) in [6.45, 7) is 0. The largest absolute Gasteiger partial charge is 0.450 e. The van der Waals surface area contributed by atoms with Crippen LogP contribution in [0.1, 0.15) is 23.3 Å². The first kappa shape index (κ1) is 20.8. The molecule has 1 aliphatic carbocycles. The summed E-state index contributed by atoms with van der Waals surface area (Å²) in [5.41, 5.74) is 0.716. The van der Waals surface area contributed by atoms with Crippen molar-refractivity contribution in [3.05, 3.63) is 83.5 Å². The van der Waals surface area contributed by atoms with Gasteiger partial charge in [-0.2, -0.15) is 0 Å². The zero-order chi connectivity index (χ0) is 23.1. The Morgan fingerprint density at radius 1 is 1.00 bits per heavy atom. The number of non-ortho nitro benzene ring substituents is 1. The van der Waals surface area contributed by atoms with Gasteiger partial charge in [-0.3, -0.25) is 25.0 Å². The number of nitrogens with one attached hydrogen (secondary N) is 1. The molecular formula is C22H16N4O6S. The predicted molar refractivity (Wildman–Crippen MR) is 122 cm³/mol. The minimum Gasteiger partial charge on any atom is -0.450 e. The van der Waals surface area contributed by atoms with E-state index >= 15 is 0 Å². The Kier molecular flexibility index (Phi) is 5.09. The van der Waals surface area contributed by atoms with Crippen LogP contribution in [0.4, 0.5) is 11.4 Å². The van der Waals surface area contributed by atoms with E-state index in [1.165, 1.54) is 10.9 Å². The molecule has 0 saturated carbocycles. The van der Waals surface area contributed by atoms with Gasteiger partial charge in [0, 0.05) is 16.5 Å². The molecule has 10 nitrogen and oxygen atoms in total. The van der Waals surface area contributed by atoms with E-state index in [-0.39, 0.29) is 11.3 Å². The van der Waals surface area contributed by atoms with Crippen LogP contribution in [0.3, 0.4) is 0 Å². The molecule has 0 saturated heterocycles. The normalized spacial score (nSPS) is 13.0. The second kappa shape index (κ2) is 8.10. The molecule has 1 N–H and O–H groups in total. The Labute approximate surface area is 189 Å². The molecule has 0 unspecified atom stereocenters. The highest BCUT2D eigenvalue weighted by Crippen LogP contribution is 2.36. The summed E-state index contributed by atoms with van der Waals surface area (Å²) < 4.78 is 5.59. The lowest BCUT2D eigenvalue weighted by atomic mass is 9.97. The van der Waals surface area contributed by atoms with Crippen molar-refractivity contribution < 1.29 is 14.6 Å². The molecule has 0 spiro atoms. The predicted octanol–water partition coefficient (Wildman–Crippen LogP) is 5.14. The number of hydrogen-bond acceptors (Lipinski definition) is 8. The first-order valence-corrected chi connectivity index (χ1v) is 11.0. The van der Waals surface area contributed by atoms with Gasteiger partial charge in [0.1, 0.15) is 16.4 Å². The van der Waals surface area contributed by atoms with Crippen molar-refractivity contribution in [1.82, 2.24) is 9.97 Å². The second-order valence-electron chi connectivity index (χ2n) is 7.60. The first-order chi connectivity index (χ1) is 15.9. The monoisotopic (exact) mass is 464 g/mol. The Hall–Kier alpha value is -4.12. The van der Waals surface area contributed by atoms with Crippen LogP contribution in [0.2, 0.25) is 0 Å². The van der Waals surface area contributed by atoms with Crippen LogP contribution in [0.25, 0.3) is 21.6 Å². The molecular weight excluding hydrogens is 448 g/mol. The van der Waals surface area contributed by atoms with Crippen LogP contribution < -0.4 is 10.3 Å². The second-order valence-corrected chi connectivity index (χ2v) is 8.68. The minimum atomic E-state index is -0.735. The number of nitrogens with zero attached hydrogens (tertiary/aromatic N) is 3. The molecule has 33 heavy (non-hydrogen) atoms. The number of fused-ring (bicyclic) bond motifs is 3. The summed E-state index contributed by atoms with van der Waals surface area (Å²) in [4.78, 5) is 43.0. The molecule has 0 aliphatic heterocycles. The van der Waals surface area contributed by atoms with E-state index in [2.05, 4.69) is 9.97 Å². The number of benzene rings is 2. The maximum absolute atomic E-state index is 12.8. The average Bonchev–Trinajstić information content (AvgIpc) is 3.18. The lowest BCUT2D eigenvalue weighted by molar-refractivity contribution is -0.394. The molecule has 0 radical (unpaired) electrons. The van der Waals surface area contributed by atoms with Crippen LogP contribution in [-0.4, -0.2) is 19.8 Å². The van der Waals surface area contributed by atoms with Crippen LogP contribution in [-0.2, 0) is 12.8 Å². The molecule has 5 rings (SSSR count). The summed E-state index contributed by atoms with van der Waals surface area (Å²) in [5.74, 6) is 0.611. The highest BCUT2D eigenvalue weighted by Gasteiger charge is 2.22. The molecule has 166 valence electrons. The number of H-pyrrole nitrogens is 1. The standard InChI is InChI=1S/C22H16N4O6S/c27-21-19-15-3-1-2-4-18(15)33-22(19)24-20(23-21)12-5-8-14(9-6-12)32-17-10-7-13(25(28)29)11-16(17)26(30)31/h5-11H,1-4H2,(H,23,24,27). The fourth-order valence-electron chi connectivity index (χ4n) is 3.96. The van der Waals surface area contributed by atoms with E-state index in [4.69, 9.17) is 4.74 Å². The van der Waals surface area contributed by atoms with E-state index in [0.717, 1.165) is 48.2 Å². The van der Waals surface area contributed by atoms with Gasteiger partial charge >= 0.3 is 5.69 Å². The van der Waals surface area contributed by atoms with Crippen LogP contribution in [0, 0.1) is 20.2 Å². The smallest absolute Gasteiger partial charge is 0.318 e. The number of ether oxygens (including phenoxy) is 1. The van der Waals surface area contributed by atoms with E-state index in [1.807, 2.05) is 0 Å². The van der Waals surface area contributed by atoms with Gasteiger partial charge in [-0.1, -0.05) is 0 Å². The molecule has 0 fully saturated rings. The average molecular weight is 464 g/mol. The molecule has 0 atom stereocenters. The number of aromatic nitrogens is 2. The maximum atomic E-state index is 12.8. The number of aromatic amines is 1. The lowest BCUT2D eigenvalue weighted by Crippen LogP contribution is -2.11. The third kappa shape index (κ3) is 3.82. The summed E-state index contributed by atoms with van der Waals surface area (Å²) >= 11 is 1.57. The minimum absolute atomic E-state index is 0.115. The highest BCUT2D eigenvalue weighted by atomic mass is 32.1. The van der Waals surface area contributed by atoms with Crippen molar-refractivity contribution in [3.8, 4) is 22.9 Å². The number of rotatable bonds is 5. The SMILES string of the molecule is O=c1[nH]c(-c2ccc(Oc3ccc([N+](=O)[O-])cc3[N+](=O)[O-])cc2)nc2sc3c(c12)CCCC3. The van der Waals surface area contributed by atoms with Crippen molar-refractivity contribution in [2.24, 2.45) is 0 Å². The van der Waals surface area contributed by atoms with Crippen molar-refractivity contribution in [2.45, 2.75) is 25.7 Å². The van der Waals surface area contributed by atoms with Crippen molar-refractivity contribution in [1.29, 1.82) is 0 Å². The molecule has 4 aromatic rings. The van der Waals surface area contributed by atoms with E-state index < -0.39 is 21.2 Å². The zero-order valence-corrected chi connectivity index (χ0v) is 17.9. The first-order valence-electron chi connectivity index (χ1n) is 10.2. The summed E-state index contributed by atoms with van der Waals surface area (Å²) in [6, 6.07) is 9.73. The number of hydrogen-bond donors (Lipinski definition) is 1. The topological polar surface area (TPSA) is 141 Å². The van der Waals surface area contributed by atoms with Gasteiger partial charge in [0.15, 0.2) is 0 Å². The fourth-order valence-corrected chi connectivity index (χ4v) is 5.22. The Bertz CT molecular complexity index is 1480. The zero-order valence-electron chi connectivity index (χ0n) is 17.1. The van der Waals surface area contributed by atoms with Gasteiger partial charge in [-0.05, 0) is 61.6 Å². The van der Waals surface area contributed by atoms with Crippen molar-refractivity contribution in [3.63, 3.8) is 0 Å². The summed E-state index contributed by atoms with van der Waals surface area (Å²) in [7, 11) is 0. The van der Waals surface area contributed by atoms with Gasteiger partial charge in [0.2, 0.25) is 5.75 Å². The van der Waals surface area contributed by atoms with E-state index in [0.29, 0.717) is 22.5 Å². The van der Waals surface area contributed by atoms with Gasteiger partial charge < -0.3 is 9.72 Å². The molecule has 2 heterocycles. The molecule has 0 bridgehead atoms. The summed E-state index contributed by atoms with van der Waals surface area (Å²) in [5, 5.41) is 22.9. The van der Waals surface area contributed by atoms with Gasteiger partial charge in [0.25, 0.3) is 11.2 Å². The maximum Gasteiger partial charge on any atom is 0.318 e. The van der Waals surface area contributed by atoms with Gasteiger partial charge in [0.05, 0.1) is 21.3 Å². The molecule has 11 heteroatoms. The van der Waals surface area contributed by atoms with Gasteiger partial charge in [-0.25, -0.2) is 4.98 Å². The molecule has 2 aromatic heterocycles. The number of nitro groups is 2. The van der Waals surface area contributed by atoms with Gasteiger partial charge in [-0.15, -0.1) is 11.3 Å². The third-order valence-electron chi connectivity index (χ3n) is 5.53. The van der Waals surface area contributed by atoms with E-state index in [1.54, 1.807) is 35.6 Å². The molecule has 0 amide bonds. The fraction of sp³-hybridized carbons (Fsp3) is 0.182. The number of nitro benzene ring substituents is 2. The third-order valence-corrected chi connectivity index (χ3v) is 6.72. The van der Waals surface area contributed by atoms with Crippen LogP contribution in [0.15, 0.2) is 47.3 Å². The number of aryl methyl sites for hydroxylation is 2. The van der Waals surface area contributed by atoms with E-state index in [9.17, 15) is 25.0 Å². The Morgan fingerprint density at radius 3 is 2.48 bits per heavy atom. The lowest BCUT2D eigenvalue weighted by Gasteiger charge is -2.09.